The summed E-state index contributed by atoms with van der Waals surface area (Å²) < 4.78 is 9.31. The Morgan fingerprint density at radius 3 is 2.42 bits per heavy atom. The lowest BCUT2D eigenvalue weighted by Crippen LogP contribution is -2.42. The summed E-state index contributed by atoms with van der Waals surface area (Å²) in [7, 11) is 0. The fraction of sp³-hybridized carbons (Fsp3) is 0.727. The number of imide groups is 1. The Kier molecular flexibility index (Phi) is 8.27. The van der Waals surface area contributed by atoms with Crippen LogP contribution in [0.1, 0.15) is 27.2 Å². The molecule has 0 saturated heterocycles. The summed E-state index contributed by atoms with van der Waals surface area (Å²) in [4.78, 5) is 33.3. The molecule has 0 saturated carbocycles. The molecule has 2 N–H and O–H groups in total. The molecular formula is C11H20N2O6. The van der Waals surface area contributed by atoms with Crippen molar-refractivity contribution in [3.8, 4) is 0 Å². The molecule has 0 aromatic rings. The summed E-state index contributed by atoms with van der Waals surface area (Å²) in [5, 5.41) is 11.3. The first-order chi connectivity index (χ1) is 8.86. The van der Waals surface area contributed by atoms with Crippen molar-refractivity contribution >= 4 is 18.1 Å². The van der Waals surface area contributed by atoms with Gasteiger partial charge >= 0.3 is 18.1 Å². The SMILES string of the molecule is CCOC(=O)NC(=O)N(O)CCC(=O)OCC(C)C. The van der Waals surface area contributed by atoms with E-state index in [1.165, 1.54) is 0 Å². The minimum atomic E-state index is -1.06. The predicted molar refractivity (Wildman–Crippen MR) is 64.5 cm³/mol. The molecule has 110 valence electrons. The molecule has 0 aromatic heterocycles. The summed E-state index contributed by atoms with van der Waals surface area (Å²) in [6, 6.07) is -1.06. The zero-order valence-corrected chi connectivity index (χ0v) is 11.3. The van der Waals surface area contributed by atoms with Crippen molar-refractivity contribution in [1.29, 1.82) is 0 Å². The van der Waals surface area contributed by atoms with Gasteiger partial charge in [0.25, 0.3) is 0 Å². The van der Waals surface area contributed by atoms with E-state index in [0.717, 1.165) is 0 Å². The Morgan fingerprint density at radius 1 is 1.26 bits per heavy atom. The Bertz CT molecular complexity index is 318. The minimum Gasteiger partial charge on any atom is -0.465 e. The lowest BCUT2D eigenvalue weighted by Gasteiger charge is -2.14. The van der Waals surface area contributed by atoms with E-state index in [2.05, 4.69) is 4.74 Å². The number of carbonyl (C=O) groups excluding carboxylic acids is 3. The van der Waals surface area contributed by atoms with Gasteiger partial charge in [0.05, 0.1) is 26.2 Å². The third kappa shape index (κ3) is 8.83. The highest BCUT2D eigenvalue weighted by atomic mass is 16.6. The second-order valence-corrected chi connectivity index (χ2v) is 4.10. The van der Waals surface area contributed by atoms with E-state index in [9.17, 15) is 19.6 Å². The molecule has 0 aliphatic heterocycles. The van der Waals surface area contributed by atoms with Crippen LogP contribution < -0.4 is 5.32 Å². The number of urea groups is 1. The van der Waals surface area contributed by atoms with Crippen LogP contribution in [0.15, 0.2) is 0 Å². The van der Waals surface area contributed by atoms with Crippen LogP contribution in [0, 0.1) is 5.92 Å². The maximum absolute atomic E-state index is 11.2. The highest BCUT2D eigenvalue weighted by molar-refractivity contribution is 5.90. The molecule has 0 aliphatic carbocycles. The number of nitrogens with zero attached hydrogens (tertiary/aromatic N) is 1. The fourth-order valence-corrected chi connectivity index (χ4v) is 0.950. The van der Waals surface area contributed by atoms with Gasteiger partial charge in [-0.2, -0.15) is 0 Å². The first-order valence-electron chi connectivity index (χ1n) is 5.96. The highest BCUT2D eigenvalue weighted by Crippen LogP contribution is 1.97. The zero-order chi connectivity index (χ0) is 14.8. The molecule has 0 radical (unpaired) electrons. The molecule has 0 aliphatic rings. The molecule has 0 spiro atoms. The number of esters is 1. The van der Waals surface area contributed by atoms with E-state index in [1.54, 1.807) is 12.2 Å². The fourth-order valence-electron chi connectivity index (χ4n) is 0.950. The van der Waals surface area contributed by atoms with Crippen LogP contribution in [0.4, 0.5) is 9.59 Å². The normalized spacial score (nSPS) is 9.95. The van der Waals surface area contributed by atoms with E-state index < -0.39 is 18.1 Å². The van der Waals surface area contributed by atoms with Gasteiger partial charge < -0.3 is 9.47 Å². The summed E-state index contributed by atoms with van der Waals surface area (Å²) in [5.74, 6) is -0.321. The molecule has 8 nitrogen and oxygen atoms in total. The van der Waals surface area contributed by atoms with Gasteiger partial charge in [-0.25, -0.2) is 20.0 Å². The van der Waals surface area contributed by atoms with Crippen LogP contribution in [-0.2, 0) is 14.3 Å². The van der Waals surface area contributed by atoms with Crippen molar-refractivity contribution < 1.29 is 29.1 Å². The molecule has 0 heterocycles. The smallest absolute Gasteiger partial charge is 0.415 e. The van der Waals surface area contributed by atoms with Gasteiger partial charge in [0.15, 0.2) is 0 Å². The molecule has 8 heteroatoms. The van der Waals surface area contributed by atoms with Crippen molar-refractivity contribution in [2.24, 2.45) is 5.92 Å². The standard InChI is InChI=1S/C11H20N2O6/c1-4-18-11(16)12-10(15)13(17)6-5-9(14)19-7-8(2)3/h8,17H,4-7H2,1-3H3,(H,12,15,16). The number of hydrogen-bond acceptors (Lipinski definition) is 6. The molecule has 0 rings (SSSR count). The van der Waals surface area contributed by atoms with E-state index >= 15 is 0 Å². The number of alkyl carbamates (subject to hydrolysis) is 1. The molecular weight excluding hydrogens is 256 g/mol. The highest BCUT2D eigenvalue weighted by Gasteiger charge is 2.16. The first-order valence-corrected chi connectivity index (χ1v) is 5.96. The van der Waals surface area contributed by atoms with Crippen molar-refractivity contribution in [3.05, 3.63) is 0 Å². The van der Waals surface area contributed by atoms with E-state index in [0.29, 0.717) is 0 Å². The van der Waals surface area contributed by atoms with E-state index in [-0.39, 0.29) is 37.2 Å². The Hall–Kier alpha value is -1.83. The van der Waals surface area contributed by atoms with Crippen molar-refractivity contribution in [2.45, 2.75) is 27.2 Å². The van der Waals surface area contributed by atoms with Crippen molar-refractivity contribution in [1.82, 2.24) is 10.4 Å². The average Bonchev–Trinajstić information content (AvgIpc) is 2.33. The van der Waals surface area contributed by atoms with Crippen LogP contribution in [0.5, 0.6) is 0 Å². The average molecular weight is 276 g/mol. The van der Waals surface area contributed by atoms with Gasteiger partial charge in [0.2, 0.25) is 0 Å². The molecule has 19 heavy (non-hydrogen) atoms. The number of hydrogen-bond donors (Lipinski definition) is 2. The van der Waals surface area contributed by atoms with Gasteiger partial charge in [-0.3, -0.25) is 10.0 Å². The summed E-state index contributed by atoms with van der Waals surface area (Å²) in [5.41, 5.74) is 0. The summed E-state index contributed by atoms with van der Waals surface area (Å²) in [6.45, 7) is 5.45. The van der Waals surface area contributed by atoms with Crippen LogP contribution in [0.3, 0.4) is 0 Å². The van der Waals surface area contributed by atoms with Crippen LogP contribution >= 0.6 is 0 Å². The van der Waals surface area contributed by atoms with Crippen LogP contribution in [0.2, 0.25) is 0 Å². The first kappa shape index (κ1) is 17.2. The van der Waals surface area contributed by atoms with Crippen LogP contribution in [-0.4, -0.2) is 48.1 Å². The topological polar surface area (TPSA) is 105 Å². The van der Waals surface area contributed by atoms with Crippen molar-refractivity contribution in [3.63, 3.8) is 0 Å². The van der Waals surface area contributed by atoms with Crippen LogP contribution in [0.25, 0.3) is 0 Å². The maximum Gasteiger partial charge on any atom is 0.415 e. The quantitative estimate of drug-likeness (QED) is 0.428. The lowest BCUT2D eigenvalue weighted by molar-refractivity contribution is -0.146. The monoisotopic (exact) mass is 276 g/mol. The molecule has 0 fully saturated rings. The van der Waals surface area contributed by atoms with Crippen molar-refractivity contribution in [2.75, 3.05) is 19.8 Å². The Morgan fingerprint density at radius 2 is 1.89 bits per heavy atom. The third-order valence-electron chi connectivity index (χ3n) is 1.82. The predicted octanol–water partition coefficient (Wildman–Crippen LogP) is 1.13. The molecule has 0 aromatic carbocycles. The second-order valence-electron chi connectivity index (χ2n) is 4.10. The Labute approximate surface area is 111 Å². The van der Waals surface area contributed by atoms with Gasteiger partial charge in [-0.15, -0.1) is 0 Å². The molecule has 0 atom stereocenters. The van der Waals surface area contributed by atoms with E-state index in [1.807, 2.05) is 13.8 Å². The second kappa shape index (κ2) is 9.15. The zero-order valence-electron chi connectivity index (χ0n) is 11.3. The lowest BCUT2D eigenvalue weighted by atomic mass is 10.2. The van der Waals surface area contributed by atoms with E-state index in [4.69, 9.17) is 4.74 Å². The van der Waals surface area contributed by atoms with Gasteiger partial charge in [-0.1, -0.05) is 13.8 Å². The number of nitrogens with one attached hydrogen (secondary N) is 1. The molecule has 0 bridgehead atoms. The largest absolute Gasteiger partial charge is 0.465 e. The summed E-state index contributed by atoms with van der Waals surface area (Å²) in [6.07, 6.45) is -1.13. The van der Waals surface area contributed by atoms with Gasteiger partial charge in [-0.05, 0) is 12.8 Å². The number of hydroxylamine groups is 2. The Balaban J connectivity index is 3.90. The number of rotatable bonds is 6. The molecule has 3 amide bonds. The number of amides is 3. The minimum absolute atomic E-state index is 0.103. The van der Waals surface area contributed by atoms with Gasteiger partial charge in [0.1, 0.15) is 0 Å². The number of carbonyl (C=O) groups is 3. The maximum atomic E-state index is 11.2. The third-order valence-corrected chi connectivity index (χ3v) is 1.82. The summed E-state index contributed by atoms with van der Waals surface area (Å²) >= 11 is 0. The number of ether oxygens (including phenoxy) is 2. The molecule has 0 unspecified atom stereocenters. The van der Waals surface area contributed by atoms with Gasteiger partial charge in [0, 0.05) is 0 Å².